The monoisotopic (exact) mass is 261 g/mol. The number of amides is 1. The van der Waals surface area contributed by atoms with E-state index in [1.165, 1.54) is 0 Å². The molecule has 2 rings (SSSR count). The van der Waals surface area contributed by atoms with E-state index in [-0.39, 0.29) is 11.5 Å². The lowest BCUT2D eigenvalue weighted by atomic mass is 9.82. The lowest BCUT2D eigenvalue weighted by Crippen LogP contribution is -2.43. The molecule has 0 saturated heterocycles. The molecular formula is C15H19NO3. The summed E-state index contributed by atoms with van der Waals surface area (Å²) in [5.74, 6) is -0.114. The zero-order chi connectivity index (χ0) is 13.8. The highest BCUT2D eigenvalue weighted by atomic mass is 16.4. The Morgan fingerprint density at radius 2 is 1.89 bits per heavy atom. The van der Waals surface area contributed by atoms with Gasteiger partial charge in [-0.15, -0.1) is 0 Å². The predicted molar refractivity (Wildman–Crippen MR) is 72.1 cm³/mol. The van der Waals surface area contributed by atoms with Crippen LogP contribution in [0, 0.1) is 5.92 Å². The summed E-state index contributed by atoms with van der Waals surface area (Å²) in [5.41, 5.74) is 1.26. The number of hydrogen-bond donors (Lipinski definition) is 2. The van der Waals surface area contributed by atoms with Gasteiger partial charge in [-0.2, -0.15) is 0 Å². The Labute approximate surface area is 112 Å². The first-order chi connectivity index (χ1) is 9.04. The Bertz CT molecular complexity index is 461. The van der Waals surface area contributed by atoms with E-state index in [2.05, 4.69) is 12.2 Å². The van der Waals surface area contributed by atoms with Gasteiger partial charge in [-0.3, -0.25) is 4.79 Å². The van der Waals surface area contributed by atoms with E-state index in [0.717, 1.165) is 24.3 Å². The van der Waals surface area contributed by atoms with Gasteiger partial charge in [-0.1, -0.05) is 19.1 Å². The molecule has 1 saturated carbocycles. The topological polar surface area (TPSA) is 66.4 Å². The van der Waals surface area contributed by atoms with E-state index in [4.69, 9.17) is 5.11 Å². The molecule has 19 heavy (non-hydrogen) atoms. The number of aromatic carboxylic acids is 1. The maximum Gasteiger partial charge on any atom is 0.335 e. The Balaban J connectivity index is 1.75. The van der Waals surface area contributed by atoms with Gasteiger partial charge < -0.3 is 10.4 Å². The van der Waals surface area contributed by atoms with Crippen molar-refractivity contribution < 1.29 is 14.7 Å². The van der Waals surface area contributed by atoms with E-state index >= 15 is 0 Å². The molecular weight excluding hydrogens is 242 g/mol. The largest absolute Gasteiger partial charge is 0.478 e. The summed E-state index contributed by atoms with van der Waals surface area (Å²) in [4.78, 5) is 22.4. The molecule has 1 aliphatic carbocycles. The molecule has 4 nitrogen and oxygen atoms in total. The summed E-state index contributed by atoms with van der Waals surface area (Å²) < 4.78 is 0. The van der Waals surface area contributed by atoms with Gasteiger partial charge in [-0.05, 0) is 42.9 Å². The molecule has 0 aromatic heterocycles. The smallest absolute Gasteiger partial charge is 0.335 e. The van der Waals surface area contributed by atoms with Crippen LogP contribution in [-0.2, 0) is 11.2 Å². The SMILES string of the molecule is CC1CC(NC(=O)CCc2ccc(C(=O)O)cc2)C1. The van der Waals surface area contributed by atoms with Gasteiger partial charge >= 0.3 is 5.97 Å². The van der Waals surface area contributed by atoms with Crippen molar-refractivity contribution in [3.05, 3.63) is 35.4 Å². The van der Waals surface area contributed by atoms with Crippen LogP contribution in [0.1, 0.15) is 42.1 Å². The van der Waals surface area contributed by atoms with E-state index in [0.29, 0.717) is 18.9 Å². The van der Waals surface area contributed by atoms with Crippen LogP contribution in [0.5, 0.6) is 0 Å². The third-order valence-electron chi connectivity index (χ3n) is 3.58. The number of nitrogens with one attached hydrogen (secondary N) is 1. The van der Waals surface area contributed by atoms with Crippen molar-refractivity contribution >= 4 is 11.9 Å². The van der Waals surface area contributed by atoms with Crippen molar-refractivity contribution in [2.45, 2.75) is 38.6 Å². The molecule has 0 unspecified atom stereocenters. The maximum absolute atomic E-state index is 11.7. The fraction of sp³-hybridized carbons (Fsp3) is 0.467. The molecule has 1 amide bonds. The van der Waals surface area contributed by atoms with Gasteiger partial charge in [0.15, 0.2) is 0 Å². The number of carboxylic acid groups (broad SMARTS) is 1. The predicted octanol–water partition coefficient (Wildman–Crippen LogP) is 2.23. The fourth-order valence-electron chi connectivity index (χ4n) is 2.39. The second kappa shape index (κ2) is 5.87. The minimum atomic E-state index is -0.927. The number of rotatable bonds is 5. The van der Waals surface area contributed by atoms with Crippen LogP contribution >= 0.6 is 0 Å². The number of hydrogen-bond acceptors (Lipinski definition) is 2. The molecule has 102 valence electrons. The van der Waals surface area contributed by atoms with Gasteiger partial charge in [0.2, 0.25) is 5.91 Å². The Hall–Kier alpha value is -1.84. The molecule has 1 aromatic rings. The summed E-state index contributed by atoms with van der Waals surface area (Å²) in [7, 11) is 0. The number of aryl methyl sites for hydroxylation is 1. The molecule has 0 heterocycles. The van der Waals surface area contributed by atoms with Gasteiger partial charge in [0, 0.05) is 12.5 Å². The minimum Gasteiger partial charge on any atom is -0.478 e. The minimum absolute atomic E-state index is 0.0826. The Kier molecular flexibility index (Phi) is 4.20. The van der Waals surface area contributed by atoms with Crippen molar-refractivity contribution in [2.24, 2.45) is 5.92 Å². The second-order valence-corrected chi connectivity index (χ2v) is 5.34. The van der Waals surface area contributed by atoms with Crippen LogP contribution in [0.3, 0.4) is 0 Å². The van der Waals surface area contributed by atoms with Crippen LogP contribution in [0.2, 0.25) is 0 Å². The van der Waals surface area contributed by atoms with Crippen molar-refractivity contribution in [2.75, 3.05) is 0 Å². The highest BCUT2D eigenvalue weighted by Gasteiger charge is 2.26. The summed E-state index contributed by atoms with van der Waals surface area (Å²) in [6.45, 7) is 2.19. The first-order valence-electron chi connectivity index (χ1n) is 6.66. The first kappa shape index (κ1) is 13.6. The number of benzene rings is 1. The average molecular weight is 261 g/mol. The molecule has 2 N–H and O–H groups in total. The Morgan fingerprint density at radius 1 is 1.26 bits per heavy atom. The average Bonchev–Trinajstić information content (AvgIpc) is 2.35. The maximum atomic E-state index is 11.7. The standard InChI is InChI=1S/C15H19NO3/c1-10-8-13(9-10)16-14(17)7-4-11-2-5-12(6-3-11)15(18)19/h2-3,5-6,10,13H,4,7-9H2,1H3,(H,16,17)(H,18,19). The first-order valence-corrected chi connectivity index (χ1v) is 6.66. The lowest BCUT2D eigenvalue weighted by Gasteiger charge is -2.33. The van der Waals surface area contributed by atoms with Crippen LogP contribution in [0.15, 0.2) is 24.3 Å². The zero-order valence-corrected chi connectivity index (χ0v) is 11.1. The van der Waals surface area contributed by atoms with Crippen molar-refractivity contribution in [3.8, 4) is 0 Å². The molecule has 0 atom stereocenters. The molecule has 1 aliphatic rings. The van der Waals surface area contributed by atoms with Gasteiger partial charge in [0.25, 0.3) is 0 Å². The third kappa shape index (κ3) is 3.81. The lowest BCUT2D eigenvalue weighted by molar-refractivity contribution is -0.122. The summed E-state index contributed by atoms with van der Waals surface area (Å²) in [5, 5.41) is 11.8. The highest BCUT2D eigenvalue weighted by molar-refractivity contribution is 5.87. The molecule has 0 bridgehead atoms. The van der Waals surface area contributed by atoms with E-state index in [1.54, 1.807) is 24.3 Å². The number of carbonyl (C=O) groups is 2. The molecule has 1 fully saturated rings. The van der Waals surface area contributed by atoms with E-state index in [1.807, 2.05) is 0 Å². The molecule has 4 heteroatoms. The quantitative estimate of drug-likeness (QED) is 0.854. The fourth-order valence-corrected chi connectivity index (χ4v) is 2.39. The molecule has 0 spiro atoms. The van der Waals surface area contributed by atoms with E-state index in [9.17, 15) is 9.59 Å². The van der Waals surface area contributed by atoms with E-state index < -0.39 is 5.97 Å². The van der Waals surface area contributed by atoms with Crippen LogP contribution in [0.25, 0.3) is 0 Å². The summed E-state index contributed by atoms with van der Waals surface area (Å²) in [6.07, 6.45) is 3.27. The van der Waals surface area contributed by atoms with Crippen molar-refractivity contribution in [1.82, 2.24) is 5.32 Å². The molecule has 0 aliphatic heterocycles. The van der Waals surface area contributed by atoms with Crippen LogP contribution in [-0.4, -0.2) is 23.0 Å². The highest BCUT2D eigenvalue weighted by Crippen LogP contribution is 2.26. The normalized spacial score (nSPS) is 21.5. The number of carboxylic acids is 1. The van der Waals surface area contributed by atoms with Gasteiger partial charge in [0.05, 0.1) is 5.56 Å². The summed E-state index contributed by atoms with van der Waals surface area (Å²) >= 11 is 0. The van der Waals surface area contributed by atoms with Gasteiger partial charge in [0.1, 0.15) is 0 Å². The molecule has 0 radical (unpaired) electrons. The van der Waals surface area contributed by atoms with Crippen LogP contribution in [0.4, 0.5) is 0 Å². The summed E-state index contributed by atoms with van der Waals surface area (Å²) in [6, 6.07) is 7.04. The van der Waals surface area contributed by atoms with Gasteiger partial charge in [-0.25, -0.2) is 4.79 Å². The number of carbonyl (C=O) groups excluding carboxylic acids is 1. The van der Waals surface area contributed by atoms with Crippen LogP contribution < -0.4 is 5.32 Å². The zero-order valence-electron chi connectivity index (χ0n) is 11.1. The van der Waals surface area contributed by atoms with Crippen molar-refractivity contribution in [1.29, 1.82) is 0 Å². The van der Waals surface area contributed by atoms with Crippen molar-refractivity contribution in [3.63, 3.8) is 0 Å². The second-order valence-electron chi connectivity index (χ2n) is 5.34. The Morgan fingerprint density at radius 3 is 2.42 bits per heavy atom. The third-order valence-corrected chi connectivity index (χ3v) is 3.58. The molecule has 1 aromatic carbocycles.